The second kappa shape index (κ2) is 4.62. The summed E-state index contributed by atoms with van der Waals surface area (Å²) in [5.74, 6) is 0. The van der Waals surface area contributed by atoms with Crippen LogP contribution in [0.1, 0.15) is 24.8 Å². The van der Waals surface area contributed by atoms with Crippen LogP contribution in [0, 0.1) is 6.92 Å². The number of halogens is 1. The third-order valence-electron chi connectivity index (χ3n) is 4.02. The first-order valence-electron chi connectivity index (χ1n) is 6.47. The Kier molecular flexibility index (Phi) is 3.20. The molecule has 0 aliphatic carbocycles. The molecule has 0 aromatic heterocycles. The fraction of sp³-hybridized carbons (Fsp3) is 0.429. The van der Waals surface area contributed by atoms with Crippen LogP contribution in [0.4, 0.5) is 0 Å². The van der Waals surface area contributed by atoms with Gasteiger partial charge in [0.25, 0.3) is 0 Å². The predicted molar refractivity (Wildman–Crippen MR) is 75.8 cm³/mol. The van der Waals surface area contributed by atoms with Gasteiger partial charge in [-0.3, -0.25) is 0 Å². The zero-order valence-corrected chi connectivity index (χ0v) is 12.3. The van der Waals surface area contributed by atoms with E-state index in [1.165, 1.54) is 0 Å². The van der Waals surface area contributed by atoms with Crippen LogP contribution in [0.25, 0.3) is 0 Å². The summed E-state index contributed by atoms with van der Waals surface area (Å²) in [7, 11) is -3.45. The molecule has 2 bridgehead atoms. The summed E-state index contributed by atoms with van der Waals surface area (Å²) in [5.41, 5.74) is 0.637. The first-order valence-corrected chi connectivity index (χ1v) is 8.29. The normalized spacial score (nSPS) is 26.8. The molecule has 1 aromatic rings. The van der Waals surface area contributed by atoms with E-state index in [-0.39, 0.29) is 12.1 Å². The number of fused-ring (bicyclic) bond motifs is 2. The van der Waals surface area contributed by atoms with Crippen molar-refractivity contribution < 1.29 is 8.42 Å². The van der Waals surface area contributed by atoms with E-state index in [1.54, 1.807) is 29.4 Å². The van der Waals surface area contributed by atoms with Gasteiger partial charge in [0.15, 0.2) is 0 Å². The lowest BCUT2D eigenvalue weighted by Crippen LogP contribution is -2.42. The number of hydrogen-bond donors (Lipinski definition) is 0. The summed E-state index contributed by atoms with van der Waals surface area (Å²) < 4.78 is 27.4. The molecule has 5 heteroatoms. The van der Waals surface area contributed by atoms with Crippen molar-refractivity contribution in [3.8, 4) is 0 Å². The highest BCUT2D eigenvalue weighted by Gasteiger charge is 2.42. The van der Waals surface area contributed by atoms with Crippen molar-refractivity contribution in [2.24, 2.45) is 0 Å². The van der Waals surface area contributed by atoms with Crippen LogP contribution in [0.5, 0.6) is 0 Å². The van der Waals surface area contributed by atoms with Crippen molar-refractivity contribution in [2.45, 2.75) is 43.2 Å². The molecular weight excluding hydrogens is 282 g/mol. The summed E-state index contributed by atoms with van der Waals surface area (Å²) in [6.07, 6.45) is 6.78. The molecule has 2 unspecified atom stereocenters. The predicted octanol–water partition coefficient (Wildman–Crippen LogP) is 3.13. The third kappa shape index (κ3) is 2.02. The average Bonchev–Trinajstić information content (AvgIpc) is 2.64. The van der Waals surface area contributed by atoms with Gasteiger partial charge in [-0.2, -0.15) is 4.31 Å². The fourth-order valence-corrected chi connectivity index (χ4v) is 5.36. The summed E-state index contributed by atoms with van der Waals surface area (Å²) in [4.78, 5) is 0.340. The minimum atomic E-state index is -3.45. The number of rotatable bonds is 2. The van der Waals surface area contributed by atoms with Crippen molar-refractivity contribution >= 4 is 21.6 Å². The summed E-state index contributed by atoms with van der Waals surface area (Å²) in [6.45, 7) is 1.76. The maximum atomic E-state index is 12.9. The zero-order valence-electron chi connectivity index (χ0n) is 10.7. The molecule has 0 radical (unpaired) electrons. The van der Waals surface area contributed by atoms with Gasteiger partial charge in [0, 0.05) is 17.1 Å². The molecule has 102 valence electrons. The smallest absolute Gasteiger partial charge is 0.207 e. The van der Waals surface area contributed by atoms with Crippen molar-refractivity contribution in [1.29, 1.82) is 0 Å². The van der Waals surface area contributed by atoms with E-state index in [1.807, 2.05) is 6.08 Å². The minimum Gasteiger partial charge on any atom is -0.207 e. The molecule has 0 N–H and O–H groups in total. The topological polar surface area (TPSA) is 37.4 Å². The van der Waals surface area contributed by atoms with E-state index in [0.29, 0.717) is 15.5 Å². The van der Waals surface area contributed by atoms with Crippen molar-refractivity contribution in [1.82, 2.24) is 4.31 Å². The van der Waals surface area contributed by atoms with E-state index in [9.17, 15) is 8.42 Å². The zero-order chi connectivity index (χ0) is 13.6. The Morgan fingerprint density at radius 2 is 2.11 bits per heavy atom. The van der Waals surface area contributed by atoms with Crippen LogP contribution in [-0.4, -0.2) is 24.8 Å². The van der Waals surface area contributed by atoms with Crippen LogP contribution in [0.15, 0.2) is 35.2 Å². The van der Waals surface area contributed by atoms with E-state index >= 15 is 0 Å². The van der Waals surface area contributed by atoms with E-state index in [4.69, 9.17) is 11.6 Å². The highest BCUT2D eigenvalue weighted by atomic mass is 35.5. The van der Waals surface area contributed by atoms with Gasteiger partial charge in [-0.05, 0) is 43.9 Å². The first-order chi connectivity index (χ1) is 9.01. The largest absolute Gasteiger partial charge is 0.244 e. The van der Waals surface area contributed by atoms with Gasteiger partial charge in [0.05, 0.1) is 4.90 Å². The second-order valence-electron chi connectivity index (χ2n) is 5.16. The standard InChI is InChI=1S/C14H16ClNO2S/c1-10-13(15)6-3-7-14(10)19(17,18)16-11-4-2-5-12(16)9-8-11/h2-4,6-7,11-12H,5,8-9H2,1H3. The Bertz CT molecular complexity index is 639. The Hall–Kier alpha value is -0.840. The summed E-state index contributed by atoms with van der Waals surface area (Å²) in [6, 6.07) is 5.19. The molecule has 1 aromatic carbocycles. The molecule has 0 spiro atoms. The SMILES string of the molecule is Cc1c(Cl)cccc1S(=O)(=O)N1C2C=CCC1CC2. The molecular formula is C14H16ClNO2S. The number of sulfonamides is 1. The van der Waals surface area contributed by atoms with Crippen LogP contribution < -0.4 is 0 Å². The molecule has 3 nitrogen and oxygen atoms in total. The van der Waals surface area contributed by atoms with Crippen molar-refractivity contribution in [2.75, 3.05) is 0 Å². The van der Waals surface area contributed by atoms with Gasteiger partial charge in [-0.15, -0.1) is 0 Å². The molecule has 3 rings (SSSR count). The maximum absolute atomic E-state index is 12.9. The first kappa shape index (κ1) is 13.2. The molecule has 19 heavy (non-hydrogen) atoms. The molecule has 0 saturated carbocycles. The maximum Gasteiger partial charge on any atom is 0.244 e. The molecule has 1 saturated heterocycles. The lowest BCUT2D eigenvalue weighted by molar-refractivity contribution is 0.341. The highest BCUT2D eigenvalue weighted by Crippen LogP contribution is 2.37. The van der Waals surface area contributed by atoms with Gasteiger partial charge in [0.2, 0.25) is 10.0 Å². The monoisotopic (exact) mass is 297 g/mol. The molecule has 2 heterocycles. The number of hydrogen-bond acceptors (Lipinski definition) is 2. The van der Waals surface area contributed by atoms with E-state index in [2.05, 4.69) is 6.08 Å². The van der Waals surface area contributed by atoms with E-state index < -0.39 is 10.0 Å². The van der Waals surface area contributed by atoms with Crippen molar-refractivity contribution in [3.63, 3.8) is 0 Å². The van der Waals surface area contributed by atoms with Crippen LogP contribution in [0.2, 0.25) is 5.02 Å². The van der Waals surface area contributed by atoms with Gasteiger partial charge >= 0.3 is 0 Å². The quantitative estimate of drug-likeness (QED) is 0.787. The summed E-state index contributed by atoms with van der Waals surface area (Å²) in [5, 5.41) is 0.501. The molecule has 2 atom stereocenters. The Labute approximate surface area is 118 Å². The van der Waals surface area contributed by atoms with Crippen LogP contribution >= 0.6 is 11.6 Å². The minimum absolute atomic E-state index is 0.0159. The molecule has 2 aliphatic heterocycles. The number of nitrogens with zero attached hydrogens (tertiary/aromatic N) is 1. The summed E-state index contributed by atoms with van der Waals surface area (Å²) >= 11 is 6.05. The van der Waals surface area contributed by atoms with Crippen LogP contribution in [-0.2, 0) is 10.0 Å². The lowest BCUT2D eigenvalue weighted by Gasteiger charge is -2.30. The Morgan fingerprint density at radius 3 is 2.84 bits per heavy atom. The highest BCUT2D eigenvalue weighted by molar-refractivity contribution is 7.89. The molecule has 2 aliphatic rings. The third-order valence-corrected chi connectivity index (χ3v) is 6.55. The lowest BCUT2D eigenvalue weighted by atomic mass is 10.2. The molecule has 0 amide bonds. The van der Waals surface area contributed by atoms with Gasteiger partial charge in [-0.1, -0.05) is 29.8 Å². The van der Waals surface area contributed by atoms with E-state index in [0.717, 1.165) is 19.3 Å². The molecule has 1 fully saturated rings. The van der Waals surface area contributed by atoms with Gasteiger partial charge < -0.3 is 0 Å². The number of benzene rings is 1. The van der Waals surface area contributed by atoms with Gasteiger partial charge in [0.1, 0.15) is 0 Å². The van der Waals surface area contributed by atoms with Crippen LogP contribution in [0.3, 0.4) is 0 Å². The van der Waals surface area contributed by atoms with Gasteiger partial charge in [-0.25, -0.2) is 8.42 Å². The fourth-order valence-electron chi connectivity index (χ4n) is 3.04. The Morgan fingerprint density at radius 1 is 1.32 bits per heavy atom. The second-order valence-corrected chi connectivity index (χ2v) is 7.38. The Balaban J connectivity index is 2.09. The van der Waals surface area contributed by atoms with Crippen molar-refractivity contribution in [3.05, 3.63) is 40.9 Å². The average molecular weight is 298 g/mol.